The van der Waals surface area contributed by atoms with Crippen molar-refractivity contribution in [3.05, 3.63) is 75.3 Å². The van der Waals surface area contributed by atoms with Crippen LogP contribution in [0, 0.1) is 39.4 Å². The monoisotopic (exact) mass is 722 g/mol. The summed E-state index contributed by atoms with van der Waals surface area (Å²) in [6, 6.07) is 9.67. The Morgan fingerprint density at radius 1 is 0.642 bits per heavy atom. The van der Waals surface area contributed by atoms with Gasteiger partial charge in [0.1, 0.15) is 40.9 Å². The zero-order valence-corrected chi connectivity index (χ0v) is 33.7. The van der Waals surface area contributed by atoms with Gasteiger partial charge in [0.05, 0.1) is 21.7 Å². The molecule has 0 saturated carbocycles. The quantitative estimate of drug-likeness (QED) is 0.205. The van der Waals surface area contributed by atoms with E-state index in [1.807, 2.05) is 58.0 Å². The van der Waals surface area contributed by atoms with Gasteiger partial charge in [-0.2, -0.15) is 0 Å². The number of carbonyl (C=O) groups is 5. The highest BCUT2D eigenvalue weighted by atomic mass is 16.5. The molecule has 2 aliphatic heterocycles. The second kappa shape index (κ2) is 12.4. The Bertz CT molecular complexity index is 1930. The van der Waals surface area contributed by atoms with Gasteiger partial charge in [0, 0.05) is 40.0 Å². The Morgan fingerprint density at radius 3 is 1.40 bits per heavy atom. The van der Waals surface area contributed by atoms with Gasteiger partial charge < -0.3 is 14.2 Å². The summed E-state index contributed by atoms with van der Waals surface area (Å²) in [6.07, 6.45) is 0. The molecule has 0 fully saturated rings. The fourth-order valence-corrected chi connectivity index (χ4v) is 9.18. The van der Waals surface area contributed by atoms with Crippen LogP contribution in [-0.4, -0.2) is 28.9 Å². The van der Waals surface area contributed by atoms with E-state index in [-0.39, 0.29) is 75.9 Å². The lowest BCUT2D eigenvalue weighted by Gasteiger charge is -2.48. The van der Waals surface area contributed by atoms with Gasteiger partial charge in [0.15, 0.2) is 28.9 Å². The number of rotatable bonds is 7. The first-order valence-corrected chi connectivity index (χ1v) is 18.9. The lowest BCUT2D eigenvalue weighted by molar-refractivity contribution is -0.146. The summed E-state index contributed by atoms with van der Waals surface area (Å²) in [7, 11) is 0. The second-order valence-electron chi connectivity index (χ2n) is 18.4. The number of Topliss-reactive ketones (excluding diaryl/α,β-unsaturated/α-hetero) is 5. The van der Waals surface area contributed by atoms with E-state index in [1.54, 1.807) is 69.2 Å². The first-order chi connectivity index (χ1) is 24.4. The van der Waals surface area contributed by atoms with Crippen LogP contribution in [0.2, 0.25) is 0 Å². The van der Waals surface area contributed by atoms with Gasteiger partial charge in [0.2, 0.25) is 0 Å². The molecule has 0 N–H and O–H groups in total. The number of ether oxygens (including phenoxy) is 3. The van der Waals surface area contributed by atoms with Crippen LogP contribution in [0.1, 0.15) is 136 Å². The summed E-state index contributed by atoms with van der Waals surface area (Å²) in [5.41, 5.74) is -2.16. The zero-order chi connectivity index (χ0) is 39.5. The van der Waals surface area contributed by atoms with Crippen LogP contribution in [0.3, 0.4) is 0 Å². The SMILES string of the molecule is CC(C)C(=O)c1c2c(c(OCc3ccccc3)c3c1OC1=C(C(=O)C(C)(C)C(=O)C1(C)C)[C@@H]3C(C)C)[C@H](C(C)C)C1=C(O2)C(C)(C)C(=O)C(C)(C)C1=O. The van der Waals surface area contributed by atoms with E-state index in [0.717, 1.165) is 5.56 Å². The van der Waals surface area contributed by atoms with Crippen LogP contribution < -0.4 is 14.2 Å². The van der Waals surface area contributed by atoms with Crippen molar-refractivity contribution in [3.63, 3.8) is 0 Å². The normalized spacial score (nSPS) is 23.7. The van der Waals surface area contributed by atoms with Gasteiger partial charge in [-0.05, 0) is 72.8 Å². The van der Waals surface area contributed by atoms with Crippen LogP contribution in [-0.2, 0) is 25.8 Å². The van der Waals surface area contributed by atoms with E-state index < -0.39 is 39.4 Å². The summed E-state index contributed by atoms with van der Waals surface area (Å²) < 4.78 is 20.7. The minimum absolute atomic E-state index is 0.136. The average Bonchev–Trinajstić information content (AvgIpc) is 3.09. The van der Waals surface area contributed by atoms with Crippen molar-refractivity contribution in [1.29, 1.82) is 0 Å². The van der Waals surface area contributed by atoms with E-state index in [0.29, 0.717) is 28.0 Å². The van der Waals surface area contributed by atoms with Gasteiger partial charge in [-0.1, -0.05) is 71.9 Å². The molecule has 6 rings (SSSR count). The maximum Gasteiger partial charge on any atom is 0.175 e. The van der Waals surface area contributed by atoms with Crippen LogP contribution >= 0.6 is 0 Å². The molecule has 0 radical (unpaired) electrons. The van der Waals surface area contributed by atoms with Crippen molar-refractivity contribution >= 4 is 28.9 Å². The molecule has 0 spiro atoms. The van der Waals surface area contributed by atoms with Crippen molar-refractivity contribution in [1.82, 2.24) is 0 Å². The molecule has 0 unspecified atom stereocenters. The molecule has 2 aliphatic carbocycles. The Balaban J connectivity index is 1.81. The predicted molar refractivity (Wildman–Crippen MR) is 202 cm³/mol. The van der Waals surface area contributed by atoms with E-state index in [9.17, 15) is 24.0 Å². The smallest absolute Gasteiger partial charge is 0.175 e. The first kappa shape index (κ1) is 38.4. The average molecular weight is 723 g/mol. The fraction of sp³-hybridized carbons (Fsp3) is 0.533. The van der Waals surface area contributed by atoms with Gasteiger partial charge in [-0.3, -0.25) is 24.0 Å². The summed E-state index contributed by atoms with van der Waals surface area (Å²) in [5, 5.41) is 0. The molecule has 2 aromatic carbocycles. The molecule has 282 valence electrons. The lowest BCUT2D eigenvalue weighted by atomic mass is 9.58. The third kappa shape index (κ3) is 5.32. The maximum atomic E-state index is 14.7. The number of benzene rings is 2. The first-order valence-electron chi connectivity index (χ1n) is 18.9. The molecule has 0 saturated heterocycles. The summed E-state index contributed by atoms with van der Waals surface area (Å²) >= 11 is 0. The predicted octanol–water partition coefficient (Wildman–Crippen LogP) is 9.28. The second-order valence-corrected chi connectivity index (χ2v) is 18.4. The standard InChI is InChI=1S/C45H54O8/c1-21(2)25-27-33(51-20-24-18-16-15-17-19-24)28-26(22(3)4)30-37(48)43(9,10)41(50)45(13,14)39(30)53-35(28)31(32(46)23(5)6)34(27)52-38-29(25)36(47)42(7,8)40(49)44(38,11)12/h15-19,21-23,25-26H,20H2,1-14H3/t25-,26+. The topological polar surface area (TPSA) is 113 Å². The molecule has 2 aromatic rings. The molecule has 0 aromatic heterocycles. The highest BCUT2D eigenvalue weighted by molar-refractivity contribution is 6.21. The number of carbonyl (C=O) groups excluding carboxylic acids is 5. The van der Waals surface area contributed by atoms with Crippen molar-refractivity contribution < 1.29 is 38.2 Å². The molecular weight excluding hydrogens is 668 g/mol. The number of allylic oxidation sites excluding steroid dienone is 4. The Labute approximate surface area is 313 Å². The molecular formula is C45H54O8. The Morgan fingerprint density at radius 2 is 1.04 bits per heavy atom. The van der Waals surface area contributed by atoms with Gasteiger partial charge >= 0.3 is 0 Å². The number of hydrogen-bond acceptors (Lipinski definition) is 8. The molecule has 2 heterocycles. The molecule has 0 bridgehead atoms. The maximum absolute atomic E-state index is 14.7. The van der Waals surface area contributed by atoms with E-state index >= 15 is 0 Å². The molecule has 0 amide bonds. The number of ketones is 5. The van der Waals surface area contributed by atoms with Crippen LogP contribution in [0.5, 0.6) is 17.2 Å². The fourth-order valence-electron chi connectivity index (χ4n) is 9.18. The number of hydrogen-bond donors (Lipinski definition) is 0. The largest absolute Gasteiger partial charge is 0.488 e. The van der Waals surface area contributed by atoms with Crippen molar-refractivity contribution in [2.45, 2.75) is 115 Å². The van der Waals surface area contributed by atoms with Crippen molar-refractivity contribution in [3.8, 4) is 17.2 Å². The van der Waals surface area contributed by atoms with Gasteiger partial charge in [-0.15, -0.1) is 0 Å². The third-order valence-electron chi connectivity index (χ3n) is 11.9. The third-order valence-corrected chi connectivity index (χ3v) is 11.9. The van der Waals surface area contributed by atoms with Gasteiger partial charge in [-0.25, -0.2) is 0 Å². The van der Waals surface area contributed by atoms with E-state index in [4.69, 9.17) is 14.2 Å². The molecule has 8 nitrogen and oxygen atoms in total. The van der Waals surface area contributed by atoms with Crippen molar-refractivity contribution in [2.75, 3.05) is 0 Å². The Hall–Kier alpha value is -4.33. The highest BCUT2D eigenvalue weighted by Crippen LogP contribution is 2.64. The minimum Gasteiger partial charge on any atom is -0.488 e. The number of fused-ring (bicyclic) bond motifs is 2. The Kier molecular flexibility index (Phi) is 8.95. The highest BCUT2D eigenvalue weighted by Gasteiger charge is 2.61. The summed E-state index contributed by atoms with van der Waals surface area (Å²) in [4.78, 5) is 72.1. The molecule has 4 aliphatic rings. The zero-order valence-electron chi connectivity index (χ0n) is 33.7. The molecule has 2 atom stereocenters. The van der Waals surface area contributed by atoms with Crippen LogP contribution in [0.25, 0.3) is 0 Å². The lowest BCUT2D eigenvalue weighted by Crippen LogP contribution is -2.52. The van der Waals surface area contributed by atoms with Crippen LogP contribution in [0.15, 0.2) is 53.0 Å². The molecule has 8 heteroatoms. The summed E-state index contributed by atoms with van der Waals surface area (Å²) in [6.45, 7) is 25.5. The van der Waals surface area contributed by atoms with E-state index in [1.165, 1.54) is 0 Å². The van der Waals surface area contributed by atoms with Crippen molar-refractivity contribution in [2.24, 2.45) is 39.4 Å². The van der Waals surface area contributed by atoms with Crippen LogP contribution in [0.4, 0.5) is 0 Å². The van der Waals surface area contributed by atoms with Gasteiger partial charge in [0.25, 0.3) is 0 Å². The van der Waals surface area contributed by atoms with E-state index in [2.05, 4.69) is 0 Å². The summed E-state index contributed by atoms with van der Waals surface area (Å²) in [5.74, 6) is -2.47. The molecule has 53 heavy (non-hydrogen) atoms. The minimum atomic E-state index is -1.33.